The maximum absolute atomic E-state index is 13.0. The van der Waals surface area contributed by atoms with Crippen molar-refractivity contribution in [2.24, 2.45) is 0 Å². The van der Waals surface area contributed by atoms with Crippen molar-refractivity contribution in [3.05, 3.63) is 93.0 Å². The summed E-state index contributed by atoms with van der Waals surface area (Å²) in [5.41, 5.74) is 4.08. The summed E-state index contributed by atoms with van der Waals surface area (Å²) in [4.78, 5) is 44.7. The van der Waals surface area contributed by atoms with Gasteiger partial charge in [-0.3, -0.25) is 14.6 Å². The minimum atomic E-state index is -0.689. The number of hydrogen-bond acceptors (Lipinski definition) is 6. The van der Waals surface area contributed by atoms with E-state index in [0.29, 0.717) is 25.2 Å². The van der Waals surface area contributed by atoms with Crippen LogP contribution in [0.3, 0.4) is 0 Å². The van der Waals surface area contributed by atoms with E-state index in [1.807, 2.05) is 48.5 Å². The van der Waals surface area contributed by atoms with Crippen molar-refractivity contribution in [2.45, 2.75) is 57.5 Å². The third-order valence-corrected chi connectivity index (χ3v) is 9.39. The van der Waals surface area contributed by atoms with Crippen LogP contribution >= 0.6 is 23.2 Å². The van der Waals surface area contributed by atoms with Crippen LogP contribution in [0.25, 0.3) is 22.4 Å². The summed E-state index contributed by atoms with van der Waals surface area (Å²) >= 11 is 12.2. The predicted octanol–water partition coefficient (Wildman–Crippen LogP) is 6.87. The molecule has 0 radical (unpaired) electrons. The summed E-state index contributed by atoms with van der Waals surface area (Å²) in [6.45, 7) is 2.78. The van der Waals surface area contributed by atoms with Crippen LogP contribution in [-0.2, 0) is 17.8 Å². The number of benzene rings is 2. The van der Waals surface area contributed by atoms with Crippen molar-refractivity contribution in [1.82, 2.24) is 25.0 Å². The Morgan fingerprint density at radius 1 is 0.936 bits per heavy atom. The predicted molar refractivity (Wildman–Crippen MR) is 188 cm³/mol. The zero-order chi connectivity index (χ0) is 33.6. The Balaban J connectivity index is 1.26. The summed E-state index contributed by atoms with van der Waals surface area (Å²) in [5, 5.41) is 13.1. The number of amides is 3. The van der Waals surface area contributed by atoms with Crippen LogP contribution in [0.15, 0.2) is 71.8 Å². The third-order valence-electron chi connectivity index (χ3n) is 8.82. The van der Waals surface area contributed by atoms with E-state index in [1.165, 1.54) is 48.8 Å². The second-order valence-corrected chi connectivity index (χ2v) is 12.8. The van der Waals surface area contributed by atoms with Crippen LogP contribution in [0.4, 0.5) is 16.2 Å². The fourth-order valence-corrected chi connectivity index (χ4v) is 6.55. The number of hydrogen-bond donors (Lipinski definition) is 3. The van der Waals surface area contributed by atoms with Crippen molar-refractivity contribution in [2.75, 3.05) is 31.3 Å². The van der Waals surface area contributed by atoms with Crippen LogP contribution in [0.2, 0.25) is 10.0 Å². The van der Waals surface area contributed by atoms with E-state index in [2.05, 4.69) is 45.0 Å². The Hall–Kier alpha value is -4.25. The molecule has 1 aliphatic rings. The van der Waals surface area contributed by atoms with Crippen molar-refractivity contribution in [1.29, 1.82) is 0 Å². The maximum Gasteiger partial charge on any atom is 0.323 e. The molecule has 1 saturated carbocycles. The Labute approximate surface area is 284 Å². The average Bonchev–Trinajstić information content (AvgIpc) is 3.55. The smallest absolute Gasteiger partial charge is 0.323 e. The fraction of sp³-hybridized carbons (Fsp3) is 0.343. The van der Waals surface area contributed by atoms with Gasteiger partial charge in [0.2, 0.25) is 5.91 Å². The van der Waals surface area contributed by atoms with Crippen LogP contribution < -0.4 is 21.5 Å². The largest absolute Gasteiger partial charge is 0.356 e. The highest BCUT2D eigenvalue weighted by Crippen LogP contribution is 2.36. The molecule has 0 bridgehead atoms. The highest BCUT2D eigenvalue weighted by molar-refractivity contribution is 6.39. The van der Waals surface area contributed by atoms with Gasteiger partial charge in [0.05, 0.1) is 27.8 Å². The number of urea groups is 1. The number of aryl methyl sites for hydroxylation is 1. The number of halogens is 2. The van der Waals surface area contributed by atoms with E-state index in [9.17, 15) is 14.4 Å². The number of nitrogens with one attached hydrogen (secondary N) is 3. The Morgan fingerprint density at radius 2 is 1.62 bits per heavy atom. The van der Waals surface area contributed by atoms with E-state index in [-0.39, 0.29) is 32.9 Å². The zero-order valence-electron chi connectivity index (χ0n) is 26.8. The number of rotatable bonds is 11. The molecule has 2 heterocycles. The molecule has 0 spiro atoms. The highest BCUT2D eigenvalue weighted by atomic mass is 35.5. The van der Waals surface area contributed by atoms with Gasteiger partial charge in [0.1, 0.15) is 5.69 Å². The summed E-state index contributed by atoms with van der Waals surface area (Å²) in [6, 6.07) is 16.5. The molecule has 3 amide bonds. The van der Waals surface area contributed by atoms with Crippen LogP contribution in [-0.4, -0.2) is 57.8 Å². The fourth-order valence-electron chi connectivity index (χ4n) is 6.09. The van der Waals surface area contributed by atoms with Crippen LogP contribution in [0.1, 0.15) is 44.6 Å². The number of carbonyl (C=O) groups is 2. The molecule has 2 aromatic carbocycles. The lowest BCUT2D eigenvalue weighted by molar-refractivity contribution is -0.120. The second kappa shape index (κ2) is 15.1. The Bertz CT molecular complexity index is 1780. The lowest BCUT2D eigenvalue weighted by Gasteiger charge is -2.36. The first-order valence-electron chi connectivity index (χ1n) is 15.7. The Morgan fingerprint density at radius 3 is 2.28 bits per heavy atom. The van der Waals surface area contributed by atoms with E-state index >= 15 is 0 Å². The first kappa shape index (κ1) is 34.1. The molecule has 12 heteroatoms. The summed E-state index contributed by atoms with van der Waals surface area (Å²) in [5.74, 6) is 0.0221. The van der Waals surface area contributed by atoms with Gasteiger partial charge in [0, 0.05) is 36.6 Å². The number of carbonyl (C=O) groups excluding carboxylic acids is 2. The van der Waals surface area contributed by atoms with E-state index in [0.717, 1.165) is 28.7 Å². The van der Waals surface area contributed by atoms with Gasteiger partial charge in [-0.2, -0.15) is 5.10 Å². The van der Waals surface area contributed by atoms with Gasteiger partial charge >= 0.3 is 6.03 Å². The minimum Gasteiger partial charge on any atom is -0.356 e. The molecule has 4 aromatic rings. The van der Waals surface area contributed by atoms with Gasteiger partial charge in [-0.05, 0) is 69.1 Å². The number of pyridine rings is 1. The first-order valence-corrected chi connectivity index (χ1v) is 16.5. The van der Waals surface area contributed by atoms with E-state index < -0.39 is 11.6 Å². The third kappa shape index (κ3) is 8.19. The molecule has 1 aliphatic carbocycles. The van der Waals surface area contributed by atoms with Crippen molar-refractivity contribution >= 4 is 46.5 Å². The minimum absolute atomic E-state index is 0.0221. The SMILES string of the molecule is CCn1nc(-c2cccc(-c3ccc(CC(=O)NCCC4(N(C)C)CCCC4)cc3)c2)cc(NC(=O)Nc2c(Cl)cncc2Cl)c1=O. The molecule has 10 nitrogen and oxygen atoms in total. The monoisotopic (exact) mass is 675 g/mol. The summed E-state index contributed by atoms with van der Waals surface area (Å²) in [7, 11) is 4.28. The molecule has 0 atom stereocenters. The molecular formula is C35H39Cl2N7O3. The second-order valence-electron chi connectivity index (χ2n) is 12.0. The summed E-state index contributed by atoms with van der Waals surface area (Å²) < 4.78 is 1.29. The standard InChI is InChI=1S/C35H39Cl2N7O3/c1-4-44-33(46)30(40-34(47)41-32-27(36)21-38-22-28(32)37)20-29(42-44)26-9-7-8-25(19-26)24-12-10-23(11-13-24)18-31(45)39-17-16-35(43(2)3)14-5-6-15-35/h7-13,19-22H,4-6,14-18H2,1-3H3,(H,39,45)(H2,38,40,41,47). The molecule has 0 saturated heterocycles. The topological polar surface area (TPSA) is 121 Å². The van der Waals surface area contributed by atoms with E-state index in [4.69, 9.17) is 23.2 Å². The van der Waals surface area contributed by atoms with Crippen molar-refractivity contribution in [3.63, 3.8) is 0 Å². The number of nitrogens with zero attached hydrogens (tertiary/aromatic N) is 4. The molecule has 0 aliphatic heterocycles. The number of anilines is 2. The summed E-state index contributed by atoms with van der Waals surface area (Å²) in [6.07, 6.45) is 8.86. The van der Waals surface area contributed by atoms with Crippen molar-refractivity contribution in [3.8, 4) is 22.4 Å². The van der Waals surface area contributed by atoms with Gasteiger partial charge in [0.15, 0.2) is 0 Å². The van der Waals surface area contributed by atoms with Gasteiger partial charge in [-0.25, -0.2) is 9.48 Å². The van der Waals surface area contributed by atoms with Gasteiger partial charge in [-0.15, -0.1) is 0 Å². The van der Waals surface area contributed by atoms with Crippen LogP contribution in [0.5, 0.6) is 0 Å². The molecular weight excluding hydrogens is 637 g/mol. The van der Waals surface area contributed by atoms with Crippen LogP contribution in [0, 0.1) is 0 Å². The average molecular weight is 677 g/mol. The maximum atomic E-state index is 13.0. The first-order chi connectivity index (χ1) is 22.6. The van der Waals surface area contributed by atoms with Crippen molar-refractivity contribution < 1.29 is 9.59 Å². The molecule has 5 rings (SSSR count). The molecule has 3 N–H and O–H groups in total. The number of aromatic nitrogens is 3. The van der Waals surface area contributed by atoms with Gasteiger partial charge in [0.25, 0.3) is 5.56 Å². The molecule has 2 aromatic heterocycles. The van der Waals surface area contributed by atoms with E-state index in [1.54, 1.807) is 6.92 Å². The lowest BCUT2D eigenvalue weighted by atomic mass is 9.92. The van der Waals surface area contributed by atoms with Gasteiger partial charge in [-0.1, -0.05) is 78.5 Å². The zero-order valence-corrected chi connectivity index (χ0v) is 28.3. The highest BCUT2D eigenvalue weighted by Gasteiger charge is 2.35. The molecule has 47 heavy (non-hydrogen) atoms. The molecule has 0 unspecified atom stereocenters. The quantitative estimate of drug-likeness (QED) is 0.160. The Kier molecular flexibility index (Phi) is 11.0. The van der Waals surface area contributed by atoms with Gasteiger partial charge < -0.3 is 20.9 Å². The molecule has 246 valence electrons. The normalized spacial score (nSPS) is 13.8. The lowest BCUT2D eigenvalue weighted by Crippen LogP contribution is -2.44. The molecule has 1 fully saturated rings.